The third-order valence-corrected chi connectivity index (χ3v) is 5.25. The summed E-state index contributed by atoms with van der Waals surface area (Å²) in [5.74, 6) is -0.113. The van der Waals surface area contributed by atoms with Gasteiger partial charge in [-0.25, -0.2) is 9.97 Å². The van der Waals surface area contributed by atoms with Crippen molar-refractivity contribution in [3.63, 3.8) is 0 Å². The summed E-state index contributed by atoms with van der Waals surface area (Å²) in [7, 11) is 0. The Labute approximate surface area is 171 Å². The molecule has 1 saturated carbocycles. The molecule has 0 aliphatic heterocycles. The minimum absolute atomic E-state index is 0.113. The lowest BCUT2D eigenvalue weighted by Gasteiger charge is -2.25. The molecule has 9 heteroatoms. The van der Waals surface area contributed by atoms with Gasteiger partial charge in [0.15, 0.2) is 0 Å². The number of hydrogen-bond donors (Lipinski definition) is 2. The maximum absolute atomic E-state index is 12.9. The van der Waals surface area contributed by atoms with Crippen LogP contribution in [0.25, 0.3) is 11.1 Å². The van der Waals surface area contributed by atoms with Gasteiger partial charge in [0.2, 0.25) is 5.95 Å². The lowest BCUT2D eigenvalue weighted by Crippen LogP contribution is -2.21. The van der Waals surface area contributed by atoms with Crippen molar-refractivity contribution in [2.45, 2.75) is 50.9 Å². The first-order valence-electron chi connectivity index (χ1n) is 9.79. The average molecular weight is 417 g/mol. The number of rotatable bonds is 4. The van der Waals surface area contributed by atoms with E-state index in [4.69, 9.17) is 0 Å². The predicted octanol–water partition coefficient (Wildman–Crippen LogP) is 4.89. The van der Waals surface area contributed by atoms with Crippen molar-refractivity contribution >= 4 is 11.6 Å². The number of aromatic nitrogens is 4. The van der Waals surface area contributed by atoms with Gasteiger partial charge in [-0.15, -0.1) is 0 Å². The van der Waals surface area contributed by atoms with Crippen LogP contribution in [0.5, 0.6) is 0 Å². The Kier molecular flexibility index (Phi) is 5.46. The molecule has 0 amide bonds. The smallest absolute Gasteiger partial charge is 0.393 e. The van der Waals surface area contributed by atoms with Crippen molar-refractivity contribution < 1.29 is 18.3 Å². The first-order chi connectivity index (χ1) is 14.3. The van der Waals surface area contributed by atoms with Crippen LogP contribution in [0.1, 0.15) is 43.0 Å². The maximum Gasteiger partial charge on any atom is 0.433 e. The molecule has 0 spiro atoms. The van der Waals surface area contributed by atoms with E-state index in [9.17, 15) is 18.3 Å². The molecule has 0 radical (unpaired) electrons. The number of aliphatic hydroxyl groups is 1. The van der Waals surface area contributed by atoms with Crippen molar-refractivity contribution in [2.75, 3.05) is 5.32 Å². The molecular weight excluding hydrogens is 395 g/mol. The zero-order valence-corrected chi connectivity index (χ0v) is 16.4. The number of aryl methyl sites for hydroxylation is 1. The normalized spacial score (nSPS) is 19.6. The highest BCUT2D eigenvalue weighted by Gasteiger charge is 2.32. The number of nitrogens with zero attached hydrogens (tertiary/aromatic N) is 4. The molecule has 2 N–H and O–H groups in total. The zero-order chi connectivity index (χ0) is 21.3. The highest BCUT2D eigenvalue weighted by atomic mass is 19.4. The van der Waals surface area contributed by atoms with E-state index >= 15 is 0 Å². The van der Waals surface area contributed by atoms with Crippen LogP contribution >= 0.6 is 0 Å². The molecule has 1 aromatic carbocycles. The summed E-state index contributed by atoms with van der Waals surface area (Å²) >= 11 is 0. The van der Waals surface area contributed by atoms with E-state index in [1.165, 1.54) is 0 Å². The van der Waals surface area contributed by atoms with Crippen LogP contribution in [0.3, 0.4) is 0 Å². The lowest BCUT2D eigenvalue weighted by atomic mass is 9.93. The summed E-state index contributed by atoms with van der Waals surface area (Å²) in [6.07, 6.45) is 3.41. The van der Waals surface area contributed by atoms with E-state index in [2.05, 4.69) is 20.4 Å². The van der Waals surface area contributed by atoms with E-state index in [1.54, 1.807) is 6.20 Å². The van der Waals surface area contributed by atoms with E-state index in [0.717, 1.165) is 54.6 Å². The van der Waals surface area contributed by atoms with Crippen molar-refractivity contribution in [1.82, 2.24) is 19.7 Å². The van der Waals surface area contributed by atoms with E-state index in [0.29, 0.717) is 5.69 Å². The molecule has 1 aliphatic rings. The van der Waals surface area contributed by atoms with Crippen LogP contribution in [-0.2, 0) is 6.18 Å². The number of anilines is 2. The van der Waals surface area contributed by atoms with E-state index in [1.807, 2.05) is 36.0 Å². The van der Waals surface area contributed by atoms with Crippen molar-refractivity contribution in [3.8, 4) is 11.1 Å². The van der Waals surface area contributed by atoms with Gasteiger partial charge >= 0.3 is 6.18 Å². The van der Waals surface area contributed by atoms with Gasteiger partial charge in [0.25, 0.3) is 0 Å². The topological polar surface area (TPSA) is 75.9 Å². The van der Waals surface area contributed by atoms with Gasteiger partial charge in [-0.3, -0.25) is 4.68 Å². The van der Waals surface area contributed by atoms with Crippen molar-refractivity contribution in [3.05, 3.63) is 54.1 Å². The van der Waals surface area contributed by atoms with Gasteiger partial charge in [0.1, 0.15) is 5.69 Å². The lowest BCUT2D eigenvalue weighted by molar-refractivity contribution is -0.141. The highest BCUT2D eigenvalue weighted by Crippen LogP contribution is 2.32. The minimum atomic E-state index is -4.53. The Morgan fingerprint density at radius 1 is 1.10 bits per heavy atom. The second-order valence-corrected chi connectivity index (χ2v) is 7.65. The molecule has 2 aromatic heterocycles. The molecule has 0 unspecified atom stereocenters. The molecule has 2 heterocycles. The average Bonchev–Trinajstić information content (AvgIpc) is 3.18. The van der Waals surface area contributed by atoms with Gasteiger partial charge in [0.05, 0.1) is 18.3 Å². The van der Waals surface area contributed by atoms with Gasteiger partial charge < -0.3 is 10.4 Å². The van der Waals surface area contributed by atoms with Crippen LogP contribution in [0.4, 0.5) is 24.8 Å². The molecule has 30 heavy (non-hydrogen) atoms. The fourth-order valence-electron chi connectivity index (χ4n) is 3.74. The Morgan fingerprint density at radius 3 is 2.60 bits per heavy atom. The Hall–Kier alpha value is -2.94. The molecule has 1 aliphatic carbocycles. The second-order valence-electron chi connectivity index (χ2n) is 7.65. The Morgan fingerprint density at radius 2 is 1.87 bits per heavy atom. The number of nitrogens with one attached hydrogen (secondary N) is 1. The molecule has 4 rings (SSSR count). The monoisotopic (exact) mass is 417 g/mol. The van der Waals surface area contributed by atoms with Crippen LogP contribution in [0.15, 0.2) is 42.9 Å². The summed E-state index contributed by atoms with van der Waals surface area (Å²) in [5.41, 5.74) is 2.35. The molecular formula is C21H22F3N5O. The van der Waals surface area contributed by atoms with Crippen LogP contribution < -0.4 is 5.32 Å². The molecule has 0 saturated heterocycles. The fourth-order valence-corrected chi connectivity index (χ4v) is 3.74. The summed E-state index contributed by atoms with van der Waals surface area (Å²) in [6, 6.07) is 6.75. The van der Waals surface area contributed by atoms with Gasteiger partial charge in [0, 0.05) is 23.6 Å². The molecule has 0 atom stereocenters. The first kappa shape index (κ1) is 20.3. The molecule has 1 fully saturated rings. The Bertz CT molecular complexity index is 1030. The largest absolute Gasteiger partial charge is 0.433 e. The molecule has 158 valence electrons. The van der Waals surface area contributed by atoms with Gasteiger partial charge in [-0.05, 0) is 61.9 Å². The number of aliphatic hydroxyl groups excluding tert-OH is 1. The first-order valence-corrected chi connectivity index (χ1v) is 9.79. The zero-order valence-electron chi connectivity index (χ0n) is 16.4. The molecule has 6 nitrogen and oxygen atoms in total. The number of hydrogen-bond acceptors (Lipinski definition) is 5. The number of benzene rings is 1. The second kappa shape index (κ2) is 8.06. The standard InChI is InChI=1S/C21H22F3N5O/c1-13-8-14(15-11-26-29(12-15)17-2-4-18(30)5-3-17)10-16(9-13)27-20-25-7-6-19(28-20)21(22,23)24/h6-12,17-18,30H,2-5H2,1H3,(H,25,27,28). The summed E-state index contributed by atoms with van der Waals surface area (Å²) in [4.78, 5) is 7.45. The number of alkyl halides is 3. The van der Waals surface area contributed by atoms with Crippen molar-refractivity contribution in [2.24, 2.45) is 0 Å². The Balaban J connectivity index is 1.56. The van der Waals surface area contributed by atoms with E-state index < -0.39 is 11.9 Å². The predicted molar refractivity (Wildman–Crippen MR) is 106 cm³/mol. The van der Waals surface area contributed by atoms with Crippen molar-refractivity contribution in [1.29, 1.82) is 0 Å². The van der Waals surface area contributed by atoms with Gasteiger partial charge in [-0.2, -0.15) is 18.3 Å². The minimum Gasteiger partial charge on any atom is -0.393 e. The SMILES string of the molecule is Cc1cc(Nc2nccc(C(F)(F)F)n2)cc(-c2cnn(C3CCC(O)CC3)c2)c1. The summed E-state index contributed by atoms with van der Waals surface area (Å²) in [5, 5.41) is 17.0. The highest BCUT2D eigenvalue weighted by molar-refractivity contribution is 5.70. The third kappa shape index (κ3) is 4.62. The van der Waals surface area contributed by atoms with Crippen LogP contribution in [0.2, 0.25) is 0 Å². The van der Waals surface area contributed by atoms with Crippen LogP contribution in [-0.4, -0.2) is 31.0 Å². The fraction of sp³-hybridized carbons (Fsp3) is 0.381. The van der Waals surface area contributed by atoms with Crippen LogP contribution in [0, 0.1) is 6.92 Å². The third-order valence-electron chi connectivity index (χ3n) is 5.25. The summed E-state index contributed by atoms with van der Waals surface area (Å²) in [6.45, 7) is 1.91. The quantitative estimate of drug-likeness (QED) is 0.632. The molecule has 0 bridgehead atoms. The number of halogens is 3. The molecule has 3 aromatic rings. The van der Waals surface area contributed by atoms with E-state index in [-0.39, 0.29) is 18.1 Å². The van der Waals surface area contributed by atoms with Gasteiger partial charge in [-0.1, -0.05) is 6.07 Å². The maximum atomic E-state index is 12.9. The summed E-state index contributed by atoms with van der Waals surface area (Å²) < 4.78 is 40.6.